The molecule has 4 unspecified atom stereocenters. The van der Waals surface area contributed by atoms with Gasteiger partial charge in [-0.05, 0) is 104 Å². The lowest BCUT2D eigenvalue weighted by atomic mass is 9.43. The van der Waals surface area contributed by atoms with Crippen molar-refractivity contribution in [3.8, 4) is 0 Å². The fourth-order valence-corrected chi connectivity index (χ4v) is 9.02. The molecule has 7 heteroatoms. The van der Waals surface area contributed by atoms with Gasteiger partial charge in [0.05, 0.1) is 18.8 Å². The van der Waals surface area contributed by atoms with E-state index in [9.17, 15) is 18.6 Å². The van der Waals surface area contributed by atoms with E-state index >= 15 is 0 Å². The van der Waals surface area contributed by atoms with Gasteiger partial charge in [-0.1, -0.05) is 20.8 Å². The molecule has 4 fully saturated rings. The zero-order chi connectivity index (χ0) is 21.9. The molecule has 10 atom stereocenters. The summed E-state index contributed by atoms with van der Waals surface area (Å²) in [5.41, 5.74) is 0.397. The molecule has 4 aliphatic carbocycles. The SMILES string of the molecule is C[C@H](CCOS(=O)(=O)O)[C@H]1CCC2C3C(O)C[C@@H]4C[C@H](O)CC[C@]4(C)C3CC[C@@]21C. The molecule has 0 aliphatic heterocycles. The van der Waals surface area contributed by atoms with Crippen molar-refractivity contribution in [3.05, 3.63) is 0 Å². The van der Waals surface area contributed by atoms with Gasteiger partial charge in [0.1, 0.15) is 0 Å². The predicted molar refractivity (Wildman–Crippen MR) is 114 cm³/mol. The van der Waals surface area contributed by atoms with Gasteiger partial charge in [-0.15, -0.1) is 0 Å². The molecule has 4 saturated carbocycles. The van der Waals surface area contributed by atoms with Crippen molar-refractivity contribution < 1.29 is 27.4 Å². The second-order valence-corrected chi connectivity index (χ2v) is 12.6. The summed E-state index contributed by atoms with van der Waals surface area (Å²) in [5.74, 6) is 2.60. The van der Waals surface area contributed by atoms with Gasteiger partial charge in [-0.2, -0.15) is 8.42 Å². The summed E-state index contributed by atoms with van der Waals surface area (Å²) in [6, 6.07) is 0. The van der Waals surface area contributed by atoms with Gasteiger partial charge in [-0.3, -0.25) is 4.55 Å². The average Bonchev–Trinajstić information content (AvgIpc) is 2.99. The normalized spacial score (nSPS) is 49.7. The maximum absolute atomic E-state index is 11.3. The van der Waals surface area contributed by atoms with E-state index in [1.54, 1.807) is 0 Å². The molecule has 4 aliphatic rings. The topological polar surface area (TPSA) is 104 Å². The monoisotopic (exact) mass is 444 g/mol. The molecule has 0 spiro atoms. The lowest BCUT2D eigenvalue weighted by Crippen LogP contribution is -2.58. The highest BCUT2D eigenvalue weighted by atomic mass is 32.3. The molecule has 0 aromatic heterocycles. The second kappa shape index (κ2) is 7.98. The number of hydrogen-bond donors (Lipinski definition) is 3. The Bertz CT molecular complexity index is 740. The Morgan fingerprint density at radius 3 is 2.37 bits per heavy atom. The summed E-state index contributed by atoms with van der Waals surface area (Å²) in [4.78, 5) is 0. The molecule has 6 nitrogen and oxygen atoms in total. The Morgan fingerprint density at radius 1 is 1.00 bits per heavy atom. The van der Waals surface area contributed by atoms with E-state index in [4.69, 9.17) is 4.55 Å². The lowest BCUT2D eigenvalue weighted by Gasteiger charge is -2.62. The van der Waals surface area contributed by atoms with Gasteiger partial charge >= 0.3 is 10.4 Å². The van der Waals surface area contributed by atoms with Crippen LogP contribution in [-0.2, 0) is 14.6 Å². The first-order valence-corrected chi connectivity index (χ1v) is 13.3. The van der Waals surface area contributed by atoms with Crippen LogP contribution in [0.25, 0.3) is 0 Å². The minimum Gasteiger partial charge on any atom is -0.393 e. The van der Waals surface area contributed by atoms with Crippen molar-refractivity contribution in [2.45, 2.75) is 90.8 Å². The van der Waals surface area contributed by atoms with Crippen LogP contribution in [0.2, 0.25) is 0 Å². The number of hydrogen-bond acceptors (Lipinski definition) is 5. The molecule has 4 rings (SSSR count). The smallest absolute Gasteiger partial charge is 0.393 e. The molecule has 0 amide bonds. The first-order valence-electron chi connectivity index (χ1n) is 11.9. The number of aliphatic hydroxyl groups excluding tert-OH is 2. The van der Waals surface area contributed by atoms with Crippen molar-refractivity contribution >= 4 is 10.4 Å². The van der Waals surface area contributed by atoms with E-state index in [1.165, 1.54) is 0 Å². The van der Waals surface area contributed by atoms with Crippen molar-refractivity contribution in [1.29, 1.82) is 0 Å². The fraction of sp³-hybridized carbons (Fsp3) is 1.00. The summed E-state index contributed by atoms with van der Waals surface area (Å²) in [7, 11) is -4.38. The van der Waals surface area contributed by atoms with Gasteiger partial charge < -0.3 is 10.2 Å². The highest BCUT2D eigenvalue weighted by Gasteiger charge is 2.62. The van der Waals surface area contributed by atoms with Crippen LogP contribution in [-0.4, -0.2) is 42.0 Å². The van der Waals surface area contributed by atoms with Crippen LogP contribution >= 0.6 is 0 Å². The number of fused-ring (bicyclic) bond motifs is 5. The minimum atomic E-state index is -4.38. The highest BCUT2D eigenvalue weighted by molar-refractivity contribution is 7.80. The molecule has 0 saturated heterocycles. The van der Waals surface area contributed by atoms with Crippen LogP contribution in [0.3, 0.4) is 0 Å². The molecule has 3 N–H and O–H groups in total. The summed E-state index contributed by atoms with van der Waals surface area (Å²) < 4.78 is 35.2. The van der Waals surface area contributed by atoms with E-state index < -0.39 is 10.4 Å². The van der Waals surface area contributed by atoms with Crippen molar-refractivity contribution in [2.24, 2.45) is 46.3 Å². The summed E-state index contributed by atoms with van der Waals surface area (Å²) in [6.45, 7) is 7.03. The van der Waals surface area contributed by atoms with Crippen LogP contribution in [0.5, 0.6) is 0 Å². The van der Waals surface area contributed by atoms with Gasteiger partial charge in [0, 0.05) is 0 Å². The third-order valence-electron chi connectivity index (χ3n) is 10.2. The zero-order valence-corrected chi connectivity index (χ0v) is 19.5. The van der Waals surface area contributed by atoms with E-state index in [-0.39, 0.29) is 29.6 Å². The summed E-state index contributed by atoms with van der Waals surface area (Å²) in [6.07, 6.45) is 8.30. The first kappa shape index (κ1) is 23.0. The molecule has 0 aromatic carbocycles. The minimum absolute atomic E-state index is 0.0218. The molecule has 0 heterocycles. The number of aliphatic hydroxyl groups is 2. The molecule has 30 heavy (non-hydrogen) atoms. The van der Waals surface area contributed by atoms with Gasteiger partial charge in [0.2, 0.25) is 0 Å². The molecule has 0 radical (unpaired) electrons. The Labute approximate surface area is 181 Å². The largest absolute Gasteiger partial charge is 0.397 e. The van der Waals surface area contributed by atoms with Crippen LogP contribution < -0.4 is 0 Å². The predicted octanol–water partition coefficient (Wildman–Crippen LogP) is 3.82. The summed E-state index contributed by atoms with van der Waals surface area (Å²) in [5, 5.41) is 21.5. The molecular formula is C23H40O6S. The van der Waals surface area contributed by atoms with Crippen LogP contribution in [0.4, 0.5) is 0 Å². The summed E-state index contributed by atoms with van der Waals surface area (Å²) >= 11 is 0. The molecule has 0 bridgehead atoms. The Hall–Kier alpha value is -0.210. The molecular weight excluding hydrogens is 404 g/mol. The second-order valence-electron chi connectivity index (χ2n) is 11.5. The Kier molecular flexibility index (Phi) is 6.11. The van der Waals surface area contributed by atoms with Crippen LogP contribution in [0.1, 0.15) is 78.6 Å². The third kappa shape index (κ3) is 3.87. The van der Waals surface area contributed by atoms with Crippen molar-refractivity contribution in [1.82, 2.24) is 0 Å². The average molecular weight is 445 g/mol. The quantitative estimate of drug-likeness (QED) is 0.557. The highest BCUT2D eigenvalue weighted by Crippen LogP contribution is 2.68. The lowest BCUT2D eigenvalue weighted by molar-refractivity contribution is -0.174. The maximum atomic E-state index is 11.3. The van der Waals surface area contributed by atoms with E-state index in [0.29, 0.717) is 41.9 Å². The van der Waals surface area contributed by atoms with E-state index in [1.807, 2.05) is 0 Å². The van der Waals surface area contributed by atoms with E-state index in [0.717, 1.165) is 51.4 Å². The van der Waals surface area contributed by atoms with Gasteiger partial charge in [0.15, 0.2) is 0 Å². The standard InChI is InChI=1S/C23H40O6S/c1-14(8-11-29-30(26,27)28)17-4-5-18-21-19(7-10-23(17,18)3)22(2)9-6-16(24)12-15(22)13-20(21)25/h14-21,24-25H,4-13H2,1-3H3,(H,26,27,28)/t14-,15+,16-,17-,18?,19?,20?,21?,22+,23-/m1/s1. The van der Waals surface area contributed by atoms with Crippen molar-refractivity contribution in [2.75, 3.05) is 6.61 Å². The van der Waals surface area contributed by atoms with Gasteiger partial charge in [-0.25, -0.2) is 4.18 Å². The molecule has 0 aromatic rings. The first-order chi connectivity index (χ1) is 14.0. The van der Waals surface area contributed by atoms with Gasteiger partial charge in [0.25, 0.3) is 0 Å². The number of rotatable bonds is 5. The maximum Gasteiger partial charge on any atom is 0.397 e. The third-order valence-corrected chi connectivity index (χ3v) is 10.7. The zero-order valence-electron chi connectivity index (χ0n) is 18.7. The van der Waals surface area contributed by atoms with E-state index in [2.05, 4.69) is 25.0 Å². The Balaban J connectivity index is 1.50. The Morgan fingerprint density at radius 2 is 1.67 bits per heavy atom. The van der Waals surface area contributed by atoms with Crippen molar-refractivity contribution in [3.63, 3.8) is 0 Å². The molecule has 174 valence electrons. The fourth-order valence-electron chi connectivity index (χ4n) is 8.72. The van der Waals surface area contributed by atoms with Crippen LogP contribution in [0.15, 0.2) is 0 Å². The van der Waals surface area contributed by atoms with Crippen LogP contribution in [0, 0.1) is 46.3 Å².